The van der Waals surface area contributed by atoms with Crippen LogP contribution in [0.1, 0.15) is 35.3 Å². The molecule has 2 aliphatic rings. The van der Waals surface area contributed by atoms with Gasteiger partial charge in [0.15, 0.2) is 17.3 Å². The normalized spacial score (nSPS) is 19.8. The van der Waals surface area contributed by atoms with E-state index < -0.39 is 34.6 Å². The number of aromatic hydroxyl groups is 1. The van der Waals surface area contributed by atoms with E-state index in [2.05, 4.69) is 5.32 Å². The molecule has 38 heavy (non-hydrogen) atoms. The maximum Gasteiger partial charge on any atom is 0.259 e. The summed E-state index contributed by atoms with van der Waals surface area (Å²) in [5.41, 5.74) is -0.875. The van der Waals surface area contributed by atoms with Gasteiger partial charge >= 0.3 is 0 Å². The number of nitrogens with one attached hydrogen (secondary N) is 1. The Balaban J connectivity index is 1.58. The van der Waals surface area contributed by atoms with Crippen molar-refractivity contribution in [3.8, 4) is 23.0 Å². The van der Waals surface area contributed by atoms with Gasteiger partial charge in [-0.1, -0.05) is 24.3 Å². The predicted molar refractivity (Wildman–Crippen MR) is 137 cm³/mol. The largest absolute Gasteiger partial charge is 0.507 e. The summed E-state index contributed by atoms with van der Waals surface area (Å²) in [7, 11) is 2.89. The van der Waals surface area contributed by atoms with E-state index in [0.29, 0.717) is 5.75 Å². The lowest BCUT2D eigenvalue weighted by Crippen LogP contribution is -2.47. The first-order valence-electron chi connectivity index (χ1n) is 11.9. The number of carbonyl (C=O) groups is 4. The quantitative estimate of drug-likeness (QED) is 0.478. The molecule has 0 fully saturated rings. The van der Waals surface area contributed by atoms with Crippen LogP contribution in [0.15, 0.2) is 54.3 Å². The number of fused-ring (bicyclic) bond motifs is 4. The second kappa shape index (κ2) is 9.02. The molecular formula is C29H25NO8. The van der Waals surface area contributed by atoms with Crippen LogP contribution < -0.4 is 19.5 Å². The number of benzene rings is 3. The number of ether oxygens (including phenoxy) is 3. The van der Waals surface area contributed by atoms with E-state index in [0.717, 1.165) is 29.3 Å². The lowest BCUT2D eigenvalue weighted by atomic mass is 9.67. The topological polar surface area (TPSA) is 128 Å². The maximum absolute atomic E-state index is 13.6. The number of hydrogen-bond acceptors (Lipinski definition) is 8. The zero-order valence-corrected chi connectivity index (χ0v) is 21.2. The van der Waals surface area contributed by atoms with Gasteiger partial charge in [0, 0.05) is 18.7 Å². The van der Waals surface area contributed by atoms with Crippen molar-refractivity contribution in [2.75, 3.05) is 14.2 Å². The Labute approximate surface area is 218 Å². The van der Waals surface area contributed by atoms with Gasteiger partial charge in [-0.15, -0.1) is 0 Å². The molecule has 3 aromatic carbocycles. The van der Waals surface area contributed by atoms with Crippen LogP contribution in [0.25, 0.3) is 10.8 Å². The first-order valence-corrected chi connectivity index (χ1v) is 11.9. The number of methoxy groups -OCH3 is 2. The van der Waals surface area contributed by atoms with Gasteiger partial charge in [-0.3, -0.25) is 19.2 Å². The number of allylic oxidation sites excluding steroid dienone is 2. The van der Waals surface area contributed by atoms with Gasteiger partial charge in [-0.2, -0.15) is 0 Å². The third-order valence-electron chi connectivity index (χ3n) is 7.19. The van der Waals surface area contributed by atoms with Gasteiger partial charge < -0.3 is 24.6 Å². The highest BCUT2D eigenvalue weighted by atomic mass is 16.5. The van der Waals surface area contributed by atoms with Crippen molar-refractivity contribution in [1.29, 1.82) is 0 Å². The SMILES string of the molecule is COc1cc(CNC(=O)c2c(OC)cc(O)c3c2OC2=CC(=O)C(C(C)=O)C(=O)[C@]23C)c2ccccc2c1. The maximum atomic E-state index is 13.6. The molecule has 0 bridgehead atoms. The monoisotopic (exact) mass is 515 g/mol. The molecule has 3 aromatic rings. The zero-order valence-electron chi connectivity index (χ0n) is 21.2. The summed E-state index contributed by atoms with van der Waals surface area (Å²) in [5, 5.41) is 15.6. The minimum atomic E-state index is -1.63. The van der Waals surface area contributed by atoms with E-state index in [1.165, 1.54) is 20.1 Å². The van der Waals surface area contributed by atoms with Crippen molar-refractivity contribution in [3.05, 3.63) is 71.0 Å². The first-order chi connectivity index (χ1) is 18.1. The van der Waals surface area contributed by atoms with Crippen molar-refractivity contribution in [2.24, 2.45) is 5.92 Å². The van der Waals surface area contributed by atoms with Gasteiger partial charge in [0.05, 0.1) is 19.8 Å². The van der Waals surface area contributed by atoms with E-state index in [9.17, 15) is 24.3 Å². The fourth-order valence-electron chi connectivity index (χ4n) is 5.24. The molecule has 0 aromatic heterocycles. The molecule has 0 saturated heterocycles. The molecule has 1 unspecified atom stereocenters. The minimum absolute atomic E-state index is 0.00489. The standard InChI is InChI=1S/C29H25NO8/c1-14(31)23-19(32)12-22-29(2,27(23)34)25-20(33)11-21(37-4)24(26(25)38-22)28(35)30-13-16-10-17(36-3)9-15-7-5-6-8-18(15)16/h5-12,23,33H,13H2,1-4H3,(H,30,35)/t23?,29-/m1/s1. The number of phenols is 1. The number of Topliss-reactive ketones (excluding diaryl/α,β-unsaturated/α-hetero) is 2. The Bertz CT molecular complexity index is 1590. The van der Waals surface area contributed by atoms with Gasteiger partial charge in [0.1, 0.15) is 45.7 Å². The highest BCUT2D eigenvalue weighted by molar-refractivity contribution is 6.27. The summed E-state index contributed by atoms with van der Waals surface area (Å²) in [6.07, 6.45) is 1.09. The number of hydrogen-bond donors (Lipinski definition) is 2. The number of rotatable bonds is 6. The number of amides is 1. The second-order valence-electron chi connectivity index (χ2n) is 9.41. The molecule has 1 amide bonds. The third-order valence-corrected chi connectivity index (χ3v) is 7.19. The van der Waals surface area contributed by atoms with Crippen molar-refractivity contribution in [3.63, 3.8) is 0 Å². The molecule has 0 saturated carbocycles. The zero-order chi connectivity index (χ0) is 27.4. The number of ketones is 3. The van der Waals surface area contributed by atoms with Crippen molar-refractivity contribution >= 4 is 34.0 Å². The molecule has 2 N–H and O–H groups in total. The van der Waals surface area contributed by atoms with Gasteiger partial charge in [-0.25, -0.2) is 0 Å². The predicted octanol–water partition coefficient (Wildman–Crippen LogP) is 3.38. The van der Waals surface area contributed by atoms with E-state index in [1.54, 1.807) is 7.11 Å². The van der Waals surface area contributed by atoms with Gasteiger partial charge in [-0.05, 0) is 42.3 Å². The van der Waals surface area contributed by atoms with E-state index in [1.807, 2.05) is 36.4 Å². The highest BCUT2D eigenvalue weighted by Gasteiger charge is 2.58. The van der Waals surface area contributed by atoms with Crippen LogP contribution in [-0.2, 0) is 26.3 Å². The Kier molecular flexibility index (Phi) is 5.94. The second-order valence-corrected chi connectivity index (χ2v) is 9.41. The molecule has 1 heterocycles. The molecule has 1 aliphatic carbocycles. The third kappa shape index (κ3) is 3.61. The van der Waals surface area contributed by atoms with Crippen LogP contribution in [0.5, 0.6) is 23.0 Å². The summed E-state index contributed by atoms with van der Waals surface area (Å²) in [6.45, 7) is 2.75. The van der Waals surface area contributed by atoms with Gasteiger partial charge in [0.25, 0.3) is 5.91 Å². The smallest absolute Gasteiger partial charge is 0.259 e. The van der Waals surface area contributed by atoms with Crippen LogP contribution in [0, 0.1) is 5.92 Å². The molecule has 9 heteroatoms. The van der Waals surface area contributed by atoms with E-state index in [4.69, 9.17) is 14.2 Å². The molecule has 1 aliphatic heterocycles. The number of carbonyl (C=O) groups excluding carboxylic acids is 4. The summed E-state index contributed by atoms with van der Waals surface area (Å²) in [5.74, 6) is -4.01. The Morgan fingerprint density at radius 3 is 2.53 bits per heavy atom. The van der Waals surface area contributed by atoms with Crippen LogP contribution in [0.4, 0.5) is 0 Å². The lowest BCUT2D eigenvalue weighted by Gasteiger charge is -2.30. The Morgan fingerprint density at radius 1 is 1.11 bits per heavy atom. The molecule has 194 valence electrons. The fourth-order valence-corrected chi connectivity index (χ4v) is 5.24. The van der Waals surface area contributed by atoms with Crippen LogP contribution >= 0.6 is 0 Å². The fraction of sp³-hybridized carbons (Fsp3) is 0.241. The first kappa shape index (κ1) is 25.0. The van der Waals surface area contributed by atoms with Crippen molar-refractivity contribution in [1.82, 2.24) is 5.32 Å². The lowest BCUT2D eigenvalue weighted by molar-refractivity contribution is -0.140. The minimum Gasteiger partial charge on any atom is -0.507 e. The Hall–Kier alpha value is -4.66. The van der Waals surface area contributed by atoms with Crippen molar-refractivity contribution < 1.29 is 38.5 Å². The Morgan fingerprint density at radius 2 is 1.84 bits per heavy atom. The molecule has 9 nitrogen and oxygen atoms in total. The van der Waals surface area contributed by atoms with Gasteiger partial charge in [0.2, 0.25) is 0 Å². The summed E-state index contributed by atoms with van der Waals surface area (Å²) < 4.78 is 16.7. The molecular weight excluding hydrogens is 490 g/mol. The molecule has 0 spiro atoms. The number of phenolic OH excluding ortho intramolecular Hbond substituents is 1. The molecule has 2 atom stereocenters. The van der Waals surface area contributed by atoms with E-state index >= 15 is 0 Å². The van der Waals surface area contributed by atoms with Crippen LogP contribution in [0.2, 0.25) is 0 Å². The summed E-state index contributed by atoms with van der Waals surface area (Å²) in [6, 6.07) is 12.6. The van der Waals surface area contributed by atoms with Crippen LogP contribution in [0.3, 0.4) is 0 Å². The highest BCUT2D eigenvalue weighted by Crippen LogP contribution is 2.56. The molecule has 5 rings (SSSR count). The average molecular weight is 516 g/mol. The average Bonchev–Trinajstić information content (AvgIpc) is 3.19. The summed E-state index contributed by atoms with van der Waals surface area (Å²) in [4.78, 5) is 51.7. The van der Waals surface area contributed by atoms with Crippen LogP contribution in [-0.4, -0.2) is 42.6 Å². The summed E-state index contributed by atoms with van der Waals surface area (Å²) >= 11 is 0. The van der Waals surface area contributed by atoms with Crippen molar-refractivity contribution in [2.45, 2.75) is 25.8 Å². The molecule has 0 radical (unpaired) electrons. The van der Waals surface area contributed by atoms with E-state index in [-0.39, 0.29) is 40.7 Å².